The van der Waals surface area contributed by atoms with Crippen LogP contribution in [0.1, 0.15) is 28.9 Å². The highest BCUT2D eigenvalue weighted by Gasteiger charge is 2.46. The molecule has 0 saturated heterocycles. The van der Waals surface area contributed by atoms with Crippen molar-refractivity contribution in [3.05, 3.63) is 51.3 Å². The Morgan fingerprint density at radius 1 is 1.48 bits per heavy atom. The molecule has 0 amide bonds. The molecule has 110 valence electrons. The van der Waals surface area contributed by atoms with Crippen molar-refractivity contribution in [1.82, 2.24) is 9.78 Å². The first-order valence-electron chi connectivity index (χ1n) is 6.95. The number of carboxylic acids is 1. The molecule has 2 aromatic rings. The maximum Gasteiger partial charge on any atom is 0.314 e. The van der Waals surface area contributed by atoms with Crippen LogP contribution in [-0.2, 0) is 30.1 Å². The van der Waals surface area contributed by atoms with E-state index < -0.39 is 11.4 Å². The topological polar surface area (TPSA) is 55.1 Å². The van der Waals surface area contributed by atoms with Gasteiger partial charge in [0.15, 0.2) is 0 Å². The predicted molar refractivity (Wildman–Crippen MR) is 83.4 cm³/mol. The fourth-order valence-corrected chi connectivity index (χ4v) is 3.80. The minimum absolute atomic E-state index is 0.456. The van der Waals surface area contributed by atoms with Gasteiger partial charge in [0.05, 0.1) is 21.3 Å². The Morgan fingerprint density at radius 3 is 2.81 bits per heavy atom. The number of carboxylic acid groups (broad SMARTS) is 1. The van der Waals surface area contributed by atoms with Crippen LogP contribution in [-0.4, -0.2) is 20.9 Å². The van der Waals surface area contributed by atoms with Crippen molar-refractivity contribution in [2.45, 2.75) is 31.6 Å². The summed E-state index contributed by atoms with van der Waals surface area (Å²) < 4.78 is 2.69. The normalized spacial score (nSPS) is 20.5. The maximum atomic E-state index is 12.1. The second-order valence-corrected chi connectivity index (χ2v) is 6.48. The lowest BCUT2D eigenvalue weighted by Crippen LogP contribution is -2.36. The number of halogens is 1. The van der Waals surface area contributed by atoms with Crippen LogP contribution in [0.15, 0.2) is 28.7 Å². The van der Waals surface area contributed by atoms with Crippen LogP contribution in [0.5, 0.6) is 0 Å². The molecule has 1 aliphatic carbocycles. The number of aliphatic carboxylic acids is 1. The molecule has 21 heavy (non-hydrogen) atoms. The Morgan fingerprint density at radius 2 is 2.19 bits per heavy atom. The van der Waals surface area contributed by atoms with Gasteiger partial charge < -0.3 is 5.11 Å². The quantitative estimate of drug-likeness (QED) is 0.927. The van der Waals surface area contributed by atoms with Crippen LogP contribution in [0.25, 0.3) is 0 Å². The minimum atomic E-state index is -0.848. The number of fused-ring (bicyclic) bond motifs is 1. The van der Waals surface area contributed by atoms with Gasteiger partial charge in [-0.2, -0.15) is 5.10 Å². The Hall–Kier alpha value is -1.62. The molecule has 5 heteroatoms. The summed E-state index contributed by atoms with van der Waals surface area (Å²) in [5.41, 5.74) is 3.07. The van der Waals surface area contributed by atoms with Gasteiger partial charge in [0.1, 0.15) is 0 Å². The highest BCUT2D eigenvalue weighted by Crippen LogP contribution is 2.43. The molecule has 1 atom stereocenters. The molecule has 1 unspecified atom stereocenters. The van der Waals surface area contributed by atoms with Gasteiger partial charge in [0, 0.05) is 13.5 Å². The first-order chi connectivity index (χ1) is 9.95. The molecule has 0 radical (unpaired) electrons. The van der Waals surface area contributed by atoms with Gasteiger partial charge in [-0.05, 0) is 46.8 Å². The molecular formula is C16H17BrN2O2. The van der Waals surface area contributed by atoms with Gasteiger partial charge in [0.25, 0.3) is 0 Å². The van der Waals surface area contributed by atoms with E-state index in [9.17, 15) is 9.90 Å². The largest absolute Gasteiger partial charge is 0.481 e. The molecule has 1 aromatic carbocycles. The molecule has 0 saturated carbocycles. The third kappa shape index (κ3) is 2.11. The summed E-state index contributed by atoms with van der Waals surface area (Å²) in [4.78, 5) is 12.1. The van der Waals surface area contributed by atoms with Gasteiger partial charge in [-0.1, -0.05) is 24.3 Å². The smallest absolute Gasteiger partial charge is 0.314 e. The van der Waals surface area contributed by atoms with Crippen LogP contribution in [0.2, 0.25) is 0 Å². The average molecular weight is 349 g/mol. The van der Waals surface area contributed by atoms with Crippen molar-refractivity contribution in [1.29, 1.82) is 0 Å². The summed E-state index contributed by atoms with van der Waals surface area (Å²) >= 11 is 3.55. The van der Waals surface area contributed by atoms with E-state index in [1.807, 2.05) is 38.2 Å². The van der Waals surface area contributed by atoms with Crippen molar-refractivity contribution in [2.24, 2.45) is 7.05 Å². The molecule has 1 aromatic heterocycles. The second-order valence-electron chi connectivity index (χ2n) is 5.69. The summed E-state index contributed by atoms with van der Waals surface area (Å²) in [5.74, 6) is -0.752. The van der Waals surface area contributed by atoms with Crippen molar-refractivity contribution >= 4 is 21.9 Å². The molecule has 1 heterocycles. The standard InChI is InChI=1S/C16H17BrN2O2/c1-10-14(17)13(19(2)18-10)9-16(15(20)21)8-7-11-5-3-4-6-12(11)16/h3-6H,7-9H2,1-2H3,(H,20,21). The number of rotatable bonds is 3. The van der Waals surface area contributed by atoms with Crippen molar-refractivity contribution in [3.63, 3.8) is 0 Å². The Labute approximate surface area is 131 Å². The summed E-state index contributed by atoms with van der Waals surface area (Å²) in [5, 5.41) is 14.3. The number of aromatic nitrogens is 2. The predicted octanol–water partition coefficient (Wildman–Crippen LogP) is 3.00. The Bertz CT molecular complexity index is 723. The van der Waals surface area contributed by atoms with E-state index >= 15 is 0 Å². The maximum absolute atomic E-state index is 12.1. The Balaban J connectivity index is 2.11. The summed E-state index contributed by atoms with van der Waals surface area (Å²) in [6, 6.07) is 7.88. The molecule has 3 rings (SSSR count). The first-order valence-corrected chi connectivity index (χ1v) is 7.75. The van der Waals surface area contributed by atoms with Crippen LogP contribution >= 0.6 is 15.9 Å². The highest BCUT2D eigenvalue weighted by molar-refractivity contribution is 9.10. The number of aryl methyl sites for hydroxylation is 3. The fourth-order valence-electron chi connectivity index (χ4n) is 3.33. The minimum Gasteiger partial charge on any atom is -0.481 e. The number of hydrogen-bond donors (Lipinski definition) is 1. The number of hydrogen-bond acceptors (Lipinski definition) is 2. The zero-order valence-corrected chi connectivity index (χ0v) is 13.6. The van der Waals surface area contributed by atoms with Crippen LogP contribution in [0, 0.1) is 6.92 Å². The summed E-state index contributed by atoms with van der Waals surface area (Å²) in [6.07, 6.45) is 1.91. The molecule has 0 spiro atoms. The zero-order chi connectivity index (χ0) is 15.2. The highest BCUT2D eigenvalue weighted by atomic mass is 79.9. The SMILES string of the molecule is Cc1nn(C)c(CC2(C(=O)O)CCc3ccccc32)c1Br. The molecular weight excluding hydrogens is 332 g/mol. The molecule has 0 fully saturated rings. The van der Waals surface area contributed by atoms with Crippen LogP contribution < -0.4 is 0 Å². The Kier molecular flexibility index (Phi) is 3.40. The molecule has 1 N–H and O–H groups in total. The van der Waals surface area contributed by atoms with E-state index in [0.717, 1.165) is 33.4 Å². The third-order valence-electron chi connectivity index (χ3n) is 4.49. The van der Waals surface area contributed by atoms with Crippen LogP contribution in [0.3, 0.4) is 0 Å². The van der Waals surface area contributed by atoms with E-state index in [2.05, 4.69) is 21.0 Å². The fraction of sp³-hybridized carbons (Fsp3) is 0.375. The molecule has 0 aliphatic heterocycles. The third-order valence-corrected chi connectivity index (χ3v) is 5.53. The summed E-state index contributed by atoms with van der Waals surface area (Å²) in [6.45, 7) is 1.92. The van der Waals surface area contributed by atoms with Gasteiger partial charge in [0.2, 0.25) is 0 Å². The number of carbonyl (C=O) groups is 1. The zero-order valence-electron chi connectivity index (χ0n) is 12.1. The van der Waals surface area contributed by atoms with E-state index in [4.69, 9.17) is 0 Å². The van der Waals surface area contributed by atoms with Gasteiger partial charge in [-0.25, -0.2) is 0 Å². The lowest BCUT2D eigenvalue weighted by molar-refractivity contribution is -0.143. The van der Waals surface area contributed by atoms with Gasteiger partial charge >= 0.3 is 5.97 Å². The lowest BCUT2D eigenvalue weighted by atomic mass is 9.78. The van der Waals surface area contributed by atoms with Gasteiger partial charge in [-0.15, -0.1) is 0 Å². The lowest BCUT2D eigenvalue weighted by Gasteiger charge is -2.26. The average Bonchev–Trinajstić information content (AvgIpc) is 2.94. The van der Waals surface area contributed by atoms with Crippen LogP contribution in [0.4, 0.5) is 0 Å². The summed E-state index contributed by atoms with van der Waals surface area (Å²) in [7, 11) is 1.86. The van der Waals surface area contributed by atoms with E-state index in [0.29, 0.717) is 12.8 Å². The van der Waals surface area contributed by atoms with Gasteiger partial charge in [-0.3, -0.25) is 9.48 Å². The van der Waals surface area contributed by atoms with Crippen molar-refractivity contribution in [3.8, 4) is 0 Å². The molecule has 1 aliphatic rings. The van der Waals surface area contributed by atoms with Crippen molar-refractivity contribution in [2.75, 3.05) is 0 Å². The number of nitrogens with zero attached hydrogens (tertiary/aromatic N) is 2. The molecule has 0 bridgehead atoms. The monoisotopic (exact) mass is 348 g/mol. The second kappa shape index (κ2) is 4.98. The van der Waals surface area contributed by atoms with E-state index in [-0.39, 0.29) is 0 Å². The number of benzene rings is 1. The van der Waals surface area contributed by atoms with E-state index in [1.54, 1.807) is 4.68 Å². The van der Waals surface area contributed by atoms with E-state index in [1.165, 1.54) is 0 Å². The molecule has 4 nitrogen and oxygen atoms in total. The van der Waals surface area contributed by atoms with Crippen molar-refractivity contribution < 1.29 is 9.90 Å². The first kappa shape index (κ1) is 14.3.